The van der Waals surface area contributed by atoms with Crippen molar-refractivity contribution in [1.82, 2.24) is 10.6 Å². The molecule has 14 nitrogen and oxygen atoms in total. The van der Waals surface area contributed by atoms with Crippen LogP contribution in [0.3, 0.4) is 0 Å². The topological polar surface area (TPSA) is 231 Å². The molecule has 0 aromatic heterocycles. The number of nitrogens with one attached hydrogen (secondary N) is 3. The van der Waals surface area contributed by atoms with Crippen LogP contribution < -0.4 is 21.3 Å². The number of benzene rings is 3. The fourth-order valence-electron chi connectivity index (χ4n) is 4.68. The third-order valence-corrected chi connectivity index (χ3v) is 11.9. The number of ether oxygens (including phenoxy) is 1. The molecule has 3 aromatic carbocycles. The van der Waals surface area contributed by atoms with Gasteiger partial charge in [0.1, 0.15) is 5.82 Å². The molecule has 3 atom stereocenters. The van der Waals surface area contributed by atoms with E-state index in [9.17, 15) is 33.7 Å². The van der Waals surface area contributed by atoms with Gasteiger partial charge >= 0.3 is 144 Å². The molecule has 1 aliphatic rings. The van der Waals surface area contributed by atoms with Crippen LogP contribution >= 0.6 is 27.7 Å². The van der Waals surface area contributed by atoms with E-state index in [1.54, 1.807) is 48.5 Å². The Morgan fingerprint density at radius 2 is 1.85 bits per heavy atom. The SMILES string of the molecule is N=N/C(=C\N)CNCc1ccc(-c2ccc(N3C[C@H](CNC(=O)Sc4ccc(CC([PH](=O)O)[PH](O)(O)O)cc4)OC3=O)cc2F)cc1. The Kier molecular flexibility index (Phi) is 12.6. The molecule has 2 unspecified atom stereocenters. The van der Waals surface area contributed by atoms with Gasteiger partial charge in [-0.1, -0.05) is 24.3 Å². The average molecular weight is 709 g/mol. The fraction of sp³-hybridized carbons (Fsp3) is 0.241. The first-order chi connectivity index (χ1) is 22.4. The van der Waals surface area contributed by atoms with Crippen molar-refractivity contribution in [3.8, 4) is 11.1 Å². The summed E-state index contributed by atoms with van der Waals surface area (Å²) in [7, 11) is -8.21. The molecule has 1 aliphatic heterocycles. The zero-order valence-corrected chi connectivity index (χ0v) is 27.6. The number of hydrogen-bond donors (Lipinski definition) is 8. The van der Waals surface area contributed by atoms with Crippen molar-refractivity contribution in [3.05, 3.63) is 95.6 Å². The van der Waals surface area contributed by atoms with Gasteiger partial charge in [-0.2, -0.15) is 5.11 Å². The Bertz CT molecular complexity index is 1640. The standard InChI is InChI=1S/C29H35FN6O8P2S/c30-26-12-22(7-10-25(26)20-5-1-19(2-6-20)14-33-15-21(13-31)35-32)36-17-23(44-29(36)38)16-34-28(37)47-24-8-3-18(4-9-24)11-27(45(39)40)46(41,42)43/h1-10,12-13,23,27,32-33,41-43,45-46H,11,14-17,31H2,(H,34,37)(H,39,40)/b21-13-,35-32?/t23-,27?/m0/s1. The van der Waals surface area contributed by atoms with Crippen LogP contribution in [0.1, 0.15) is 11.1 Å². The second-order valence-electron chi connectivity index (χ2n) is 10.5. The Labute approximate surface area is 274 Å². The van der Waals surface area contributed by atoms with Gasteiger partial charge in [0.2, 0.25) is 0 Å². The molecular formula is C29H35FN6O8P2S. The minimum absolute atomic E-state index is 0.0122. The van der Waals surface area contributed by atoms with Gasteiger partial charge in [0.25, 0.3) is 0 Å². The van der Waals surface area contributed by atoms with Gasteiger partial charge in [0.05, 0.1) is 11.4 Å². The molecular weight excluding hydrogens is 673 g/mol. The van der Waals surface area contributed by atoms with Gasteiger partial charge in [-0.3, -0.25) is 4.90 Å². The quantitative estimate of drug-likeness (QED) is 0.0676. The Balaban J connectivity index is 1.27. The van der Waals surface area contributed by atoms with E-state index in [-0.39, 0.29) is 19.5 Å². The van der Waals surface area contributed by atoms with Gasteiger partial charge in [-0.05, 0) is 29.3 Å². The molecule has 9 N–H and O–H groups in total. The minimum atomic E-state index is -4.81. The van der Waals surface area contributed by atoms with E-state index in [0.29, 0.717) is 46.1 Å². The Hall–Kier alpha value is -3.72. The number of amides is 2. The molecule has 0 spiro atoms. The van der Waals surface area contributed by atoms with E-state index < -0.39 is 44.6 Å². The zero-order valence-electron chi connectivity index (χ0n) is 24.8. The predicted molar refractivity (Wildman–Crippen MR) is 178 cm³/mol. The molecule has 2 amide bonds. The van der Waals surface area contributed by atoms with Crippen LogP contribution in [0.15, 0.2) is 88.6 Å². The van der Waals surface area contributed by atoms with Crippen LogP contribution in [0.4, 0.5) is 19.7 Å². The summed E-state index contributed by atoms with van der Waals surface area (Å²) in [4.78, 5) is 64.5. The van der Waals surface area contributed by atoms with Crippen LogP contribution in [0.5, 0.6) is 0 Å². The average Bonchev–Trinajstić information content (AvgIpc) is 3.41. The van der Waals surface area contributed by atoms with E-state index >= 15 is 4.39 Å². The maximum atomic E-state index is 15.2. The van der Waals surface area contributed by atoms with Crippen molar-refractivity contribution < 1.29 is 42.9 Å². The number of nitrogens with zero attached hydrogens (tertiary/aromatic N) is 2. The molecule has 0 radical (unpaired) electrons. The minimum Gasteiger partial charge on any atom is -0.224 e. The first-order valence-corrected chi connectivity index (χ1v) is 18.3. The van der Waals surface area contributed by atoms with Crippen molar-refractivity contribution in [2.24, 2.45) is 10.8 Å². The maximum absolute atomic E-state index is 15.2. The zero-order chi connectivity index (χ0) is 34.1. The molecule has 0 bridgehead atoms. The molecule has 0 aliphatic carbocycles. The van der Waals surface area contributed by atoms with Gasteiger partial charge in [-0.25, -0.2) is 14.7 Å². The summed E-state index contributed by atoms with van der Waals surface area (Å²) < 4.78 is 32.0. The number of thioether (sulfide) groups is 1. The molecule has 252 valence electrons. The van der Waals surface area contributed by atoms with Crippen LogP contribution in [0.2, 0.25) is 0 Å². The third kappa shape index (κ3) is 10.1. The summed E-state index contributed by atoms with van der Waals surface area (Å²) in [6, 6.07) is 17.9. The summed E-state index contributed by atoms with van der Waals surface area (Å²) in [5.41, 5.74) is 15.5. The van der Waals surface area contributed by atoms with Crippen LogP contribution in [-0.4, -0.2) is 62.0 Å². The molecule has 18 heteroatoms. The molecule has 1 fully saturated rings. The van der Waals surface area contributed by atoms with E-state index in [1.807, 2.05) is 12.1 Å². The van der Waals surface area contributed by atoms with Crippen LogP contribution in [0, 0.1) is 11.3 Å². The molecule has 3 aromatic rings. The van der Waals surface area contributed by atoms with Crippen molar-refractivity contribution in [3.63, 3.8) is 0 Å². The van der Waals surface area contributed by atoms with Gasteiger partial charge < -0.3 is 11.1 Å². The van der Waals surface area contributed by atoms with E-state index in [4.69, 9.17) is 16.0 Å². The third-order valence-electron chi connectivity index (χ3n) is 7.19. The van der Waals surface area contributed by atoms with Crippen molar-refractivity contribution in [2.45, 2.75) is 29.4 Å². The summed E-state index contributed by atoms with van der Waals surface area (Å²) in [6.07, 6.45) is -0.312. The van der Waals surface area contributed by atoms with Gasteiger partial charge in [0.15, 0.2) is 0 Å². The van der Waals surface area contributed by atoms with Crippen molar-refractivity contribution in [1.29, 1.82) is 5.53 Å². The molecule has 0 saturated carbocycles. The van der Waals surface area contributed by atoms with Crippen molar-refractivity contribution in [2.75, 3.05) is 24.5 Å². The molecule has 47 heavy (non-hydrogen) atoms. The summed E-state index contributed by atoms with van der Waals surface area (Å²) >= 11 is 0.854. The van der Waals surface area contributed by atoms with E-state index in [0.717, 1.165) is 17.3 Å². The normalized spacial score (nSPS) is 16.8. The number of hydrogen-bond acceptors (Lipinski definition) is 12. The van der Waals surface area contributed by atoms with Crippen LogP contribution in [0.25, 0.3) is 11.1 Å². The number of anilines is 1. The molecule has 1 heterocycles. The van der Waals surface area contributed by atoms with Crippen LogP contribution in [-0.2, 0) is 22.3 Å². The Morgan fingerprint density at radius 1 is 1.17 bits per heavy atom. The number of carbonyl (C=O) groups excluding carboxylic acids is 2. The number of nitrogens with two attached hydrogens (primary N) is 1. The fourth-order valence-corrected chi connectivity index (χ4v) is 7.56. The van der Waals surface area contributed by atoms with Gasteiger partial charge in [0, 0.05) is 24.9 Å². The summed E-state index contributed by atoms with van der Waals surface area (Å²) in [6.45, 7) is 0.946. The second-order valence-corrected chi connectivity index (χ2v) is 15.6. The summed E-state index contributed by atoms with van der Waals surface area (Å²) in [5, 5.41) is 7.11. The number of carbonyl (C=O) groups is 2. The first kappa shape index (κ1) is 36.1. The van der Waals surface area contributed by atoms with E-state index in [2.05, 4.69) is 15.7 Å². The second kappa shape index (κ2) is 16.4. The monoisotopic (exact) mass is 708 g/mol. The summed E-state index contributed by atoms with van der Waals surface area (Å²) in [5.74, 6) is -0.526. The number of halogens is 1. The molecule has 1 saturated heterocycles. The van der Waals surface area contributed by atoms with E-state index in [1.165, 1.54) is 17.2 Å². The molecule has 4 rings (SSSR count). The number of cyclic esters (lactones) is 1. The van der Waals surface area contributed by atoms with Crippen molar-refractivity contribution >= 4 is 44.8 Å². The first-order valence-electron chi connectivity index (χ1n) is 14.2. The smallest absolute Gasteiger partial charge is 0.224 e. The Morgan fingerprint density at radius 3 is 2.45 bits per heavy atom. The van der Waals surface area contributed by atoms with Gasteiger partial charge in [-0.15, -0.1) is 0 Å². The predicted octanol–water partition coefficient (Wildman–Crippen LogP) is 4.05. The number of rotatable bonds is 14.